The molecule has 15 heavy (non-hydrogen) atoms. The van der Waals surface area contributed by atoms with Gasteiger partial charge in [0.1, 0.15) is 0 Å². The number of hydrogen-bond acceptors (Lipinski definition) is 3. The van der Waals surface area contributed by atoms with Gasteiger partial charge in [-0.25, -0.2) is 0 Å². The molecule has 1 saturated heterocycles. The molecule has 2 N–H and O–H groups in total. The third-order valence-electron chi connectivity index (χ3n) is 3.89. The van der Waals surface area contributed by atoms with Crippen molar-refractivity contribution in [2.45, 2.75) is 57.2 Å². The molecule has 88 valence electrons. The normalized spacial score (nSPS) is 37.6. The number of rotatable bonds is 4. The van der Waals surface area contributed by atoms with Crippen molar-refractivity contribution >= 4 is 0 Å². The van der Waals surface area contributed by atoms with Gasteiger partial charge < -0.3 is 10.5 Å². The second kappa shape index (κ2) is 5.28. The fraction of sp³-hybridized carbons (Fsp3) is 1.00. The van der Waals surface area contributed by atoms with Crippen LogP contribution in [0, 0.1) is 0 Å². The Bertz CT molecular complexity index is 192. The maximum Gasteiger partial charge on any atom is 0.0604 e. The Morgan fingerprint density at radius 2 is 2.13 bits per heavy atom. The summed E-state index contributed by atoms with van der Waals surface area (Å²) < 4.78 is 5.61. The van der Waals surface area contributed by atoms with Gasteiger partial charge in [-0.3, -0.25) is 4.90 Å². The molecular weight excluding hydrogens is 188 g/mol. The number of ether oxygens (including phenoxy) is 1. The van der Waals surface area contributed by atoms with Crippen molar-refractivity contribution in [2.75, 3.05) is 19.7 Å². The van der Waals surface area contributed by atoms with Gasteiger partial charge in [0.2, 0.25) is 0 Å². The number of hydrogen-bond donors (Lipinski definition) is 1. The molecule has 1 aliphatic carbocycles. The SMILES string of the molecule is CCOC1CC(N2CCCCC2CN)C1. The molecule has 1 unspecified atom stereocenters. The van der Waals surface area contributed by atoms with Crippen LogP contribution in [0.1, 0.15) is 39.0 Å². The Morgan fingerprint density at radius 1 is 1.33 bits per heavy atom. The third-order valence-corrected chi connectivity index (χ3v) is 3.89. The van der Waals surface area contributed by atoms with Crippen molar-refractivity contribution in [3.05, 3.63) is 0 Å². The van der Waals surface area contributed by atoms with Gasteiger partial charge in [0, 0.05) is 25.2 Å². The van der Waals surface area contributed by atoms with Gasteiger partial charge in [0.25, 0.3) is 0 Å². The Hall–Kier alpha value is -0.120. The summed E-state index contributed by atoms with van der Waals surface area (Å²) in [5.41, 5.74) is 5.83. The summed E-state index contributed by atoms with van der Waals surface area (Å²) >= 11 is 0. The zero-order valence-electron chi connectivity index (χ0n) is 9.82. The lowest BCUT2D eigenvalue weighted by molar-refractivity contribution is -0.0630. The van der Waals surface area contributed by atoms with E-state index in [1.165, 1.54) is 38.6 Å². The van der Waals surface area contributed by atoms with E-state index in [4.69, 9.17) is 10.5 Å². The molecule has 2 rings (SSSR count). The van der Waals surface area contributed by atoms with Crippen molar-refractivity contribution in [3.63, 3.8) is 0 Å². The maximum absolute atomic E-state index is 5.83. The number of likely N-dealkylation sites (tertiary alicyclic amines) is 1. The first-order valence-electron chi connectivity index (χ1n) is 6.42. The zero-order valence-corrected chi connectivity index (χ0v) is 9.82. The van der Waals surface area contributed by atoms with Crippen LogP contribution in [0.3, 0.4) is 0 Å². The Morgan fingerprint density at radius 3 is 2.80 bits per heavy atom. The first-order chi connectivity index (χ1) is 7.35. The molecule has 2 fully saturated rings. The van der Waals surface area contributed by atoms with E-state index in [1.54, 1.807) is 0 Å². The summed E-state index contributed by atoms with van der Waals surface area (Å²) in [6.07, 6.45) is 6.99. The van der Waals surface area contributed by atoms with E-state index in [9.17, 15) is 0 Å². The topological polar surface area (TPSA) is 38.5 Å². The summed E-state index contributed by atoms with van der Waals surface area (Å²) in [4.78, 5) is 2.64. The Balaban J connectivity index is 1.78. The fourth-order valence-corrected chi connectivity index (χ4v) is 2.94. The van der Waals surface area contributed by atoms with Crippen molar-refractivity contribution in [1.82, 2.24) is 4.90 Å². The van der Waals surface area contributed by atoms with Gasteiger partial charge in [0.15, 0.2) is 0 Å². The van der Waals surface area contributed by atoms with Gasteiger partial charge in [-0.05, 0) is 39.2 Å². The van der Waals surface area contributed by atoms with Crippen LogP contribution >= 0.6 is 0 Å². The largest absolute Gasteiger partial charge is 0.378 e. The van der Waals surface area contributed by atoms with Crippen LogP contribution in [0.4, 0.5) is 0 Å². The number of nitrogens with two attached hydrogens (primary N) is 1. The summed E-state index contributed by atoms with van der Waals surface area (Å²) in [5.74, 6) is 0. The summed E-state index contributed by atoms with van der Waals surface area (Å²) in [5, 5.41) is 0. The van der Waals surface area contributed by atoms with Crippen LogP contribution in [-0.4, -0.2) is 42.8 Å². The van der Waals surface area contributed by atoms with E-state index in [0.717, 1.165) is 19.2 Å². The average molecular weight is 212 g/mol. The smallest absolute Gasteiger partial charge is 0.0604 e. The molecule has 0 aromatic heterocycles. The molecular formula is C12H24N2O. The van der Waals surface area contributed by atoms with E-state index in [-0.39, 0.29) is 0 Å². The van der Waals surface area contributed by atoms with Crippen molar-refractivity contribution in [2.24, 2.45) is 5.73 Å². The van der Waals surface area contributed by atoms with Crippen LogP contribution in [0.2, 0.25) is 0 Å². The molecule has 0 aromatic carbocycles. The minimum Gasteiger partial charge on any atom is -0.378 e. The molecule has 3 nitrogen and oxygen atoms in total. The minimum absolute atomic E-state index is 0.528. The van der Waals surface area contributed by atoms with Gasteiger partial charge in [-0.2, -0.15) is 0 Å². The Labute approximate surface area is 93.0 Å². The molecule has 1 heterocycles. The van der Waals surface area contributed by atoms with Gasteiger partial charge in [0.05, 0.1) is 6.10 Å². The highest BCUT2D eigenvalue weighted by atomic mass is 16.5. The van der Waals surface area contributed by atoms with Crippen LogP contribution in [0.5, 0.6) is 0 Å². The van der Waals surface area contributed by atoms with Crippen molar-refractivity contribution < 1.29 is 4.74 Å². The fourth-order valence-electron chi connectivity index (χ4n) is 2.94. The third kappa shape index (κ3) is 2.52. The molecule has 1 saturated carbocycles. The monoisotopic (exact) mass is 212 g/mol. The molecule has 0 aromatic rings. The van der Waals surface area contributed by atoms with Crippen molar-refractivity contribution in [1.29, 1.82) is 0 Å². The molecule has 1 atom stereocenters. The van der Waals surface area contributed by atoms with Crippen LogP contribution in [-0.2, 0) is 4.74 Å². The quantitative estimate of drug-likeness (QED) is 0.765. The molecule has 3 heteroatoms. The molecule has 2 aliphatic rings. The second-order valence-electron chi connectivity index (χ2n) is 4.83. The average Bonchev–Trinajstić information content (AvgIpc) is 2.23. The Kier molecular flexibility index (Phi) is 4.00. The summed E-state index contributed by atoms with van der Waals surface area (Å²) in [6.45, 7) is 5.02. The first kappa shape index (κ1) is 11.4. The van der Waals surface area contributed by atoms with Crippen molar-refractivity contribution in [3.8, 4) is 0 Å². The van der Waals surface area contributed by atoms with E-state index in [1.807, 2.05) is 0 Å². The van der Waals surface area contributed by atoms with Crippen LogP contribution in [0.25, 0.3) is 0 Å². The lowest BCUT2D eigenvalue weighted by atomic mass is 9.85. The van der Waals surface area contributed by atoms with E-state index < -0.39 is 0 Å². The number of piperidine rings is 1. The van der Waals surface area contributed by atoms with Crippen LogP contribution in [0.15, 0.2) is 0 Å². The first-order valence-corrected chi connectivity index (χ1v) is 6.42. The number of nitrogens with zero attached hydrogens (tertiary/aromatic N) is 1. The van der Waals surface area contributed by atoms with E-state index in [2.05, 4.69) is 11.8 Å². The highest BCUT2D eigenvalue weighted by molar-refractivity contribution is 4.92. The van der Waals surface area contributed by atoms with Crippen LogP contribution < -0.4 is 5.73 Å². The molecule has 0 spiro atoms. The lowest BCUT2D eigenvalue weighted by Gasteiger charge is -2.47. The van der Waals surface area contributed by atoms with Gasteiger partial charge >= 0.3 is 0 Å². The standard InChI is InChI=1S/C12H24N2O/c1-2-15-12-7-11(8-12)14-6-4-3-5-10(14)9-13/h10-12H,2-9,13H2,1H3. The predicted octanol–water partition coefficient (Wildman–Crippen LogP) is 1.37. The van der Waals surface area contributed by atoms with Gasteiger partial charge in [-0.1, -0.05) is 6.42 Å². The molecule has 0 bridgehead atoms. The summed E-state index contributed by atoms with van der Waals surface area (Å²) in [6, 6.07) is 1.40. The minimum atomic E-state index is 0.528. The molecule has 0 amide bonds. The second-order valence-corrected chi connectivity index (χ2v) is 4.83. The summed E-state index contributed by atoms with van der Waals surface area (Å²) in [7, 11) is 0. The van der Waals surface area contributed by atoms with E-state index >= 15 is 0 Å². The highest BCUT2D eigenvalue weighted by Gasteiger charge is 2.37. The lowest BCUT2D eigenvalue weighted by Crippen LogP contribution is -2.55. The van der Waals surface area contributed by atoms with Gasteiger partial charge in [-0.15, -0.1) is 0 Å². The molecule has 1 aliphatic heterocycles. The molecule has 0 radical (unpaired) electrons. The van der Waals surface area contributed by atoms with E-state index in [0.29, 0.717) is 12.1 Å². The maximum atomic E-state index is 5.83. The zero-order chi connectivity index (χ0) is 10.7. The highest BCUT2D eigenvalue weighted by Crippen LogP contribution is 2.32. The predicted molar refractivity (Wildman–Crippen MR) is 61.8 cm³/mol.